The van der Waals surface area contributed by atoms with E-state index in [1.165, 1.54) is 30.9 Å². The van der Waals surface area contributed by atoms with Gasteiger partial charge < -0.3 is 9.64 Å². The van der Waals surface area contributed by atoms with Crippen molar-refractivity contribution in [3.8, 4) is 6.01 Å². The van der Waals surface area contributed by atoms with E-state index in [9.17, 15) is 9.59 Å². The first-order chi connectivity index (χ1) is 14.6. The van der Waals surface area contributed by atoms with Crippen LogP contribution in [0, 0.1) is 0 Å². The van der Waals surface area contributed by atoms with Crippen LogP contribution in [0.1, 0.15) is 31.2 Å². The number of fused-ring (bicyclic) bond motifs is 1. The van der Waals surface area contributed by atoms with E-state index >= 15 is 0 Å². The van der Waals surface area contributed by atoms with Gasteiger partial charge in [0.05, 0.1) is 13.2 Å². The molecule has 0 aromatic carbocycles. The Hall–Kier alpha value is -3.14. The molecule has 3 aromatic rings. The van der Waals surface area contributed by atoms with Crippen molar-refractivity contribution < 1.29 is 4.74 Å². The Labute approximate surface area is 173 Å². The number of piperidine rings is 1. The first kappa shape index (κ1) is 20.1. The summed E-state index contributed by atoms with van der Waals surface area (Å²) in [7, 11) is 1.42. The molecule has 10 nitrogen and oxygen atoms in total. The molecule has 158 valence electrons. The van der Waals surface area contributed by atoms with Gasteiger partial charge in [0.25, 0.3) is 5.56 Å². The molecule has 1 aliphatic rings. The van der Waals surface area contributed by atoms with Crippen molar-refractivity contribution >= 4 is 11.2 Å². The molecule has 30 heavy (non-hydrogen) atoms. The van der Waals surface area contributed by atoms with Crippen molar-refractivity contribution in [2.24, 2.45) is 7.05 Å². The van der Waals surface area contributed by atoms with Gasteiger partial charge in [-0.15, -0.1) is 5.10 Å². The second-order valence-electron chi connectivity index (χ2n) is 7.47. The van der Waals surface area contributed by atoms with E-state index in [2.05, 4.69) is 25.1 Å². The second-order valence-corrected chi connectivity index (χ2v) is 7.47. The summed E-state index contributed by atoms with van der Waals surface area (Å²) >= 11 is 0. The molecular formula is C20H25N7O3. The van der Waals surface area contributed by atoms with Gasteiger partial charge in [-0.3, -0.25) is 18.9 Å². The zero-order valence-corrected chi connectivity index (χ0v) is 17.0. The molecule has 0 saturated carbocycles. The lowest BCUT2D eigenvalue weighted by molar-refractivity contribution is 0.200. The van der Waals surface area contributed by atoms with Crippen LogP contribution in [0.3, 0.4) is 0 Å². The van der Waals surface area contributed by atoms with Crippen LogP contribution in [0.15, 0.2) is 34.1 Å². The minimum absolute atomic E-state index is 0.0461. The molecule has 1 aliphatic heterocycles. The molecule has 1 saturated heterocycles. The van der Waals surface area contributed by atoms with Crippen molar-refractivity contribution in [2.45, 2.75) is 32.2 Å². The number of hydrogen-bond acceptors (Lipinski definition) is 8. The fourth-order valence-corrected chi connectivity index (χ4v) is 3.66. The maximum atomic E-state index is 12.6. The van der Waals surface area contributed by atoms with E-state index in [1.807, 2.05) is 6.07 Å². The number of pyridine rings is 1. The molecule has 0 spiro atoms. The van der Waals surface area contributed by atoms with Crippen molar-refractivity contribution in [2.75, 3.05) is 26.2 Å². The number of aromatic nitrogens is 6. The Morgan fingerprint density at radius 2 is 1.97 bits per heavy atom. The molecule has 0 amide bonds. The molecule has 0 unspecified atom stereocenters. The van der Waals surface area contributed by atoms with Crippen LogP contribution in [-0.4, -0.2) is 60.4 Å². The van der Waals surface area contributed by atoms with Gasteiger partial charge >= 0.3 is 11.7 Å². The van der Waals surface area contributed by atoms with E-state index in [4.69, 9.17) is 4.74 Å². The highest BCUT2D eigenvalue weighted by molar-refractivity contribution is 5.68. The van der Waals surface area contributed by atoms with Crippen LogP contribution in [0.5, 0.6) is 6.01 Å². The Kier molecular flexibility index (Phi) is 6.12. The third-order valence-electron chi connectivity index (χ3n) is 5.29. The summed E-state index contributed by atoms with van der Waals surface area (Å²) < 4.78 is 8.02. The van der Waals surface area contributed by atoms with E-state index in [1.54, 1.807) is 18.5 Å². The topological polar surface area (TPSA) is 108 Å². The SMILES string of the molecule is Cn1c(=O)c2nc(OCCCN3CCCCC3)nnc2n(Cc2cccnc2)c1=O. The van der Waals surface area contributed by atoms with Gasteiger partial charge in [0.1, 0.15) is 0 Å². The summed E-state index contributed by atoms with van der Waals surface area (Å²) in [6.45, 7) is 3.90. The maximum absolute atomic E-state index is 12.6. The van der Waals surface area contributed by atoms with Gasteiger partial charge in [-0.1, -0.05) is 17.6 Å². The van der Waals surface area contributed by atoms with Gasteiger partial charge in [0.2, 0.25) is 0 Å². The first-order valence-corrected chi connectivity index (χ1v) is 10.2. The van der Waals surface area contributed by atoms with Crippen LogP contribution in [0.25, 0.3) is 11.2 Å². The summed E-state index contributed by atoms with van der Waals surface area (Å²) in [5, 5.41) is 8.07. The van der Waals surface area contributed by atoms with Gasteiger partial charge in [-0.25, -0.2) is 4.79 Å². The number of likely N-dealkylation sites (tertiary alicyclic amines) is 1. The molecule has 1 fully saturated rings. The Balaban J connectivity index is 1.53. The largest absolute Gasteiger partial charge is 0.462 e. The normalized spacial score (nSPS) is 14.8. The number of nitrogens with zero attached hydrogens (tertiary/aromatic N) is 7. The number of hydrogen-bond donors (Lipinski definition) is 0. The zero-order valence-electron chi connectivity index (χ0n) is 17.0. The fourth-order valence-electron chi connectivity index (χ4n) is 3.66. The Morgan fingerprint density at radius 3 is 2.73 bits per heavy atom. The predicted molar refractivity (Wildman–Crippen MR) is 111 cm³/mol. The minimum atomic E-state index is -0.523. The lowest BCUT2D eigenvalue weighted by Gasteiger charge is -2.26. The average molecular weight is 411 g/mol. The van der Waals surface area contributed by atoms with E-state index in [0.29, 0.717) is 6.61 Å². The highest BCUT2D eigenvalue weighted by Gasteiger charge is 2.16. The highest BCUT2D eigenvalue weighted by atomic mass is 16.5. The predicted octanol–water partition coefficient (Wildman–Crippen LogP) is 0.583. The van der Waals surface area contributed by atoms with Crippen LogP contribution < -0.4 is 16.0 Å². The first-order valence-electron chi connectivity index (χ1n) is 10.2. The van der Waals surface area contributed by atoms with Gasteiger partial charge in [-0.2, -0.15) is 4.98 Å². The second kappa shape index (κ2) is 9.12. The van der Waals surface area contributed by atoms with Crippen molar-refractivity contribution in [1.82, 2.24) is 34.2 Å². The molecule has 0 bridgehead atoms. The molecule has 4 heterocycles. The summed E-state index contributed by atoms with van der Waals surface area (Å²) in [4.78, 5) is 36.0. The van der Waals surface area contributed by atoms with Crippen LogP contribution in [-0.2, 0) is 13.6 Å². The number of rotatable bonds is 7. The van der Waals surface area contributed by atoms with Crippen LogP contribution in [0.2, 0.25) is 0 Å². The molecule has 0 atom stereocenters. The fraction of sp³-hybridized carbons (Fsp3) is 0.500. The van der Waals surface area contributed by atoms with Gasteiger partial charge in [-0.05, 0) is 44.0 Å². The van der Waals surface area contributed by atoms with Crippen LogP contribution in [0.4, 0.5) is 0 Å². The lowest BCUT2D eigenvalue weighted by atomic mass is 10.1. The molecule has 0 aliphatic carbocycles. The summed E-state index contributed by atoms with van der Waals surface area (Å²) in [5.74, 6) is 0. The van der Waals surface area contributed by atoms with E-state index in [0.717, 1.165) is 36.2 Å². The average Bonchev–Trinajstić information content (AvgIpc) is 2.79. The van der Waals surface area contributed by atoms with Gasteiger partial charge in [0.15, 0.2) is 11.2 Å². The zero-order chi connectivity index (χ0) is 20.9. The molecule has 0 N–H and O–H groups in total. The summed E-state index contributed by atoms with van der Waals surface area (Å²) in [6.07, 6.45) is 7.97. The molecule has 4 rings (SSSR count). The van der Waals surface area contributed by atoms with E-state index in [-0.39, 0.29) is 23.7 Å². The molecule has 0 radical (unpaired) electrons. The third kappa shape index (κ3) is 4.38. The smallest absolute Gasteiger partial charge is 0.336 e. The summed E-state index contributed by atoms with van der Waals surface area (Å²) in [5.41, 5.74) is -0.0119. The van der Waals surface area contributed by atoms with Crippen molar-refractivity contribution in [3.05, 3.63) is 50.9 Å². The lowest BCUT2D eigenvalue weighted by Crippen LogP contribution is -2.39. The molecule has 10 heteroatoms. The number of ether oxygens (including phenoxy) is 1. The van der Waals surface area contributed by atoms with Gasteiger partial charge in [0, 0.05) is 26.0 Å². The maximum Gasteiger partial charge on any atom is 0.336 e. The minimum Gasteiger partial charge on any atom is -0.462 e. The van der Waals surface area contributed by atoms with Crippen molar-refractivity contribution in [3.63, 3.8) is 0 Å². The van der Waals surface area contributed by atoms with Crippen LogP contribution >= 0.6 is 0 Å². The quantitative estimate of drug-likeness (QED) is 0.520. The third-order valence-corrected chi connectivity index (χ3v) is 5.29. The van der Waals surface area contributed by atoms with Crippen molar-refractivity contribution in [1.29, 1.82) is 0 Å². The molecule has 3 aromatic heterocycles. The standard InChI is InChI=1S/C20H25N7O3/c1-25-18(28)16-17(27(20(25)29)14-15-7-5-8-21-13-15)23-24-19(22-16)30-12-6-11-26-9-3-2-4-10-26/h5,7-8,13H,2-4,6,9-12,14H2,1H3. The molecular weight excluding hydrogens is 386 g/mol. The Bertz CT molecular complexity index is 1120. The summed E-state index contributed by atoms with van der Waals surface area (Å²) in [6, 6.07) is 3.67. The Morgan fingerprint density at radius 1 is 1.13 bits per heavy atom. The highest BCUT2D eigenvalue weighted by Crippen LogP contribution is 2.10. The monoisotopic (exact) mass is 411 g/mol. The van der Waals surface area contributed by atoms with E-state index < -0.39 is 11.2 Å².